The van der Waals surface area contributed by atoms with Crippen molar-refractivity contribution in [3.63, 3.8) is 0 Å². The highest BCUT2D eigenvalue weighted by atomic mass is 16.5. The Labute approximate surface area is 114 Å². The monoisotopic (exact) mass is 265 g/mol. The van der Waals surface area contributed by atoms with Gasteiger partial charge < -0.3 is 20.1 Å². The van der Waals surface area contributed by atoms with Crippen molar-refractivity contribution in [2.45, 2.75) is 25.0 Å². The molecule has 0 saturated carbocycles. The number of rotatable bonds is 5. The molecular formula is C14H23N3O2. The molecule has 106 valence electrons. The molecule has 1 saturated heterocycles. The van der Waals surface area contributed by atoms with Crippen LogP contribution in [0.5, 0.6) is 0 Å². The normalized spacial score (nSPS) is 18.3. The molecule has 0 aromatic carbocycles. The first kappa shape index (κ1) is 14.2. The van der Waals surface area contributed by atoms with Gasteiger partial charge in [-0.3, -0.25) is 0 Å². The van der Waals surface area contributed by atoms with Crippen molar-refractivity contribution in [2.24, 2.45) is 0 Å². The zero-order chi connectivity index (χ0) is 13.7. The van der Waals surface area contributed by atoms with Crippen molar-refractivity contribution in [1.29, 1.82) is 0 Å². The fourth-order valence-electron chi connectivity index (χ4n) is 2.53. The van der Waals surface area contributed by atoms with Crippen molar-refractivity contribution < 1.29 is 9.84 Å². The van der Waals surface area contributed by atoms with Crippen LogP contribution in [-0.2, 0) is 11.3 Å². The Bertz CT molecular complexity index is 405. The Morgan fingerprint density at radius 2 is 2.21 bits per heavy atom. The average molecular weight is 265 g/mol. The van der Waals surface area contributed by atoms with Crippen LogP contribution in [0.4, 0.5) is 5.82 Å². The molecule has 0 unspecified atom stereocenters. The van der Waals surface area contributed by atoms with Crippen molar-refractivity contribution >= 4 is 5.82 Å². The van der Waals surface area contributed by atoms with Gasteiger partial charge in [0.15, 0.2) is 0 Å². The minimum atomic E-state index is -0.665. The van der Waals surface area contributed by atoms with Gasteiger partial charge in [0.25, 0.3) is 0 Å². The number of hydrogen-bond acceptors (Lipinski definition) is 5. The van der Waals surface area contributed by atoms with E-state index < -0.39 is 5.60 Å². The number of nitrogens with one attached hydrogen (secondary N) is 1. The summed E-state index contributed by atoms with van der Waals surface area (Å²) in [5.74, 6) is 0.928. The molecule has 0 radical (unpaired) electrons. The lowest BCUT2D eigenvalue weighted by molar-refractivity contribution is -0.0573. The Hall–Kier alpha value is -1.17. The number of pyridine rings is 1. The summed E-state index contributed by atoms with van der Waals surface area (Å²) >= 11 is 0. The molecule has 5 heteroatoms. The van der Waals surface area contributed by atoms with Gasteiger partial charge in [-0.25, -0.2) is 4.98 Å². The summed E-state index contributed by atoms with van der Waals surface area (Å²) in [6.45, 7) is 2.63. The van der Waals surface area contributed by atoms with E-state index in [1.165, 1.54) is 0 Å². The highest BCUT2D eigenvalue weighted by Crippen LogP contribution is 2.24. The molecule has 2 rings (SSSR count). The minimum absolute atomic E-state index is 0.587. The molecule has 0 bridgehead atoms. The maximum Gasteiger partial charge on any atom is 0.132 e. The van der Waals surface area contributed by atoms with E-state index in [0.29, 0.717) is 32.6 Å². The van der Waals surface area contributed by atoms with E-state index in [1.807, 2.05) is 25.1 Å². The van der Waals surface area contributed by atoms with Gasteiger partial charge in [-0.05, 0) is 13.1 Å². The van der Waals surface area contributed by atoms with Gasteiger partial charge in [0.1, 0.15) is 5.82 Å². The molecule has 0 spiro atoms. The average Bonchev–Trinajstić information content (AvgIpc) is 2.40. The maximum absolute atomic E-state index is 10.6. The second kappa shape index (κ2) is 6.32. The van der Waals surface area contributed by atoms with Gasteiger partial charge in [0.2, 0.25) is 0 Å². The SMILES string of the molecule is CNCc1cccnc1N(C)CC1(O)CCOCC1. The Kier molecular flexibility index (Phi) is 4.74. The lowest BCUT2D eigenvalue weighted by Crippen LogP contribution is -2.46. The molecule has 0 aliphatic carbocycles. The number of ether oxygens (including phenoxy) is 1. The van der Waals surface area contributed by atoms with Gasteiger partial charge in [-0.1, -0.05) is 6.07 Å². The third-order valence-corrected chi connectivity index (χ3v) is 3.55. The lowest BCUT2D eigenvalue weighted by atomic mass is 9.94. The van der Waals surface area contributed by atoms with Crippen LogP contribution < -0.4 is 10.2 Å². The predicted molar refractivity (Wildman–Crippen MR) is 75.3 cm³/mol. The van der Waals surface area contributed by atoms with Crippen LogP contribution in [0, 0.1) is 0 Å². The molecule has 19 heavy (non-hydrogen) atoms. The predicted octanol–water partition coefficient (Wildman–Crippen LogP) is 0.779. The fourth-order valence-corrected chi connectivity index (χ4v) is 2.53. The van der Waals surface area contributed by atoms with Crippen molar-refractivity contribution in [2.75, 3.05) is 38.8 Å². The summed E-state index contributed by atoms with van der Waals surface area (Å²) in [5.41, 5.74) is 0.477. The van der Waals surface area contributed by atoms with Crippen LogP contribution in [0.3, 0.4) is 0 Å². The van der Waals surface area contributed by atoms with Crippen molar-refractivity contribution in [3.8, 4) is 0 Å². The standard InChI is InChI=1S/C14H23N3O2/c1-15-10-12-4-3-7-16-13(12)17(2)11-14(18)5-8-19-9-6-14/h3-4,7,15,18H,5-6,8-11H2,1-2H3. The highest BCUT2D eigenvalue weighted by molar-refractivity contribution is 5.46. The maximum atomic E-state index is 10.6. The van der Waals surface area contributed by atoms with Gasteiger partial charge in [0, 0.05) is 58.0 Å². The molecule has 1 aromatic rings. The number of anilines is 1. The van der Waals surface area contributed by atoms with E-state index in [9.17, 15) is 5.11 Å². The quantitative estimate of drug-likeness (QED) is 0.824. The van der Waals surface area contributed by atoms with Crippen molar-refractivity contribution in [1.82, 2.24) is 10.3 Å². The highest BCUT2D eigenvalue weighted by Gasteiger charge is 2.31. The molecular weight excluding hydrogens is 242 g/mol. The van der Waals surface area contributed by atoms with Crippen LogP contribution in [0.25, 0.3) is 0 Å². The fraction of sp³-hybridized carbons (Fsp3) is 0.643. The van der Waals surface area contributed by atoms with Crippen LogP contribution in [0.2, 0.25) is 0 Å². The number of nitrogens with zero attached hydrogens (tertiary/aromatic N) is 2. The third kappa shape index (κ3) is 3.65. The van der Waals surface area contributed by atoms with Crippen LogP contribution >= 0.6 is 0 Å². The second-order valence-electron chi connectivity index (χ2n) is 5.21. The zero-order valence-electron chi connectivity index (χ0n) is 11.7. The molecule has 2 N–H and O–H groups in total. The van der Waals surface area contributed by atoms with E-state index in [4.69, 9.17) is 4.74 Å². The molecule has 5 nitrogen and oxygen atoms in total. The first-order valence-corrected chi connectivity index (χ1v) is 6.74. The number of hydrogen-bond donors (Lipinski definition) is 2. The second-order valence-corrected chi connectivity index (χ2v) is 5.21. The Morgan fingerprint density at radius 3 is 2.89 bits per heavy atom. The smallest absolute Gasteiger partial charge is 0.132 e. The van der Waals surface area contributed by atoms with Gasteiger partial charge in [-0.2, -0.15) is 0 Å². The number of aromatic nitrogens is 1. The summed E-state index contributed by atoms with van der Waals surface area (Å²) in [5, 5.41) is 13.7. The third-order valence-electron chi connectivity index (χ3n) is 3.55. The molecule has 1 aliphatic rings. The van der Waals surface area contributed by atoms with Crippen molar-refractivity contribution in [3.05, 3.63) is 23.9 Å². The van der Waals surface area contributed by atoms with E-state index in [0.717, 1.165) is 17.9 Å². The van der Waals surface area contributed by atoms with E-state index in [-0.39, 0.29) is 0 Å². The van der Waals surface area contributed by atoms with Gasteiger partial charge >= 0.3 is 0 Å². The first-order chi connectivity index (χ1) is 9.14. The summed E-state index contributed by atoms with van der Waals surface area (Å²) in [7, 11) is 3.90. The zero-order valence-corrected chi connectivity index (χ0v) is 11.7. The largest absolute Gasteiger partial charge is 0.388 e. The molecule has 1 fully saturated rings. The Balaban J connectivity index is 2.08. The van der Waals surface area contributed by atoms with Gasteiger partial charge in [0.05, 0.1) is 5.60 Å². The van der Waals surface area contributed by atoms with E-state index >= 15 is 0 Å². The lowest BCUT2D eigenvalue weighted by Gasteiger charge is -2.36. The number of likely N-dealkylation sites (N-methyl/N-ethyl adjacent to an activating group) is 1. The topological polar surface area (TPSA) is 57.6 Å². The summed E-state index contributed by atoms with van der Waals surface area (Å²) < 4.78 is 5.31. The van der Waals surface area contributed by atoms with E-state index in [1.54, 1.807) is 6.20 Å². The Morgan fingerprint density at radius 1 is 1.47 bits per heavy atom. The van der Waals surface area contributed by atoms with Crippen LogP contribution in [0.15, 0.2) is 18.3 Å². The van der Waals surface area contributed by atoms with E-state index in [2.05, 4.69) is 16.4 Å². The molecule has 2 heterocycles. The number of aliphatic hydroxyl groups is 1. The molecule has 0 atom stereocenters. The molecule has 1 aliphatic heterocycles. The van der Waals surface area contributed by atoms with Crippen LogP contribution in [0.1, 0.15) is 18.4 Å². The van der Waals surface area contributed by atoms with Gasteiger partial charge in [-0.15, -0.1) is 0 Å². The summed E-state index contributed by atoms with van der Waals surface area (Å²) in [6, 6.07) is 4.00. The summed E-state index contributed by atoms with van der Waals surface area (Å²) in [6.07, 6.45) is 3.16. The minimum Gasteiger partial charge on any atom is -0.388 e. The molecule has 0 amide bonds. The first-order valence-electron chi connectivity index (χ1n) is 6.74. The van der Waals surface area contributed by atoms with Crippen LogP contribution in [-0.4, -0.2) is 49.5 Å². The molecule has 1 aromatic heterocycles. The summed E-state index contributed by atoms with van der Waals surface area (Å²) in [4.78, 5) is 6.48.